The van der Waals surface area contributed by atoms with E-state index in [0.29, 0.717) is 13.0 Å². The van der Waals surface area contributed by atoms with Crippen LogP contribution >= 0.6 is 0 Å². The minimum atomic E-state index is -3.45. The Balaban J connectivity index is 1.52. The predicted octanol–water partition coefficient (Wildman–Crippen LogP) is 5.01. The van der Waals surface area contributed by atoms with Gasteiger partial charge in [-0.2, -0.15) is 12.7 Å². The van der Waals surface area contributed by atoms with E-state index in [-0.39, 0.29) is 12.1 Å². The molecule has 0 heterocycles. The van der Waals surface area contributed by atoms with Gasteiger partial charge in [-0.3, -0.25) is 0 Å². The molecule has 0 unspecified atom stereocenters. The zero-order chi connectivity index (χ0) is 24.7. The monoisotopic (exact) mass is 495 g/mol. The third-order valence-electron chi connectivity index (χ3n) is 7.01. The molecule has 34 heavy (non-hydrogen) atoms. The molecule has 1 aliphatic carbocycles. The fourth-order valence-electron chi connectivity index (χ4n) is 4.67. The van der Waals surface area contributed by atoms with Gasteiger partial charge in [0.05, 0.1) is 6.10 Å². The first-order chi connectivity index (χ1) is 16.4. The highest BCUT2D eigenvalue weighted by Crippen LogP contribution is 2.26. The summed E-state index contributed by atoms with van der Waals surface area (Å²) in [5.74, 6) is 0. The second kappa shape index (κ2) is 16.6. The van der Waals surface area contributed by atoms with Crippen LogP contribution in [0.4, 0.5) is 0 Å². The van der Waals surface area contributed by atoms with E-state index in [1.54, 1.807) is 7.05 Å². The van der Waals surface area contributed by atoms with Gasteiger partial charge < -0.3 is 9.64 Å². The second-order valence-corrected chi connectivity index (χ2v) is 11.7. The Kier molecular flexibility index (Phi) is 14.3. The molecule has 0 aliphatic heterocycles. The van der Waals surface area contributed by atoms with Crippen LogP contribution in [0.1, 0.15) is 83.1 Å². The minimum Gasteiger partial charge on any atom is -0.378 e. The van der Waals surface area contributed by atoms with Gasteiger partial charge in [0, 0.05) is 26.2 Å². The van der Waals surface area contributed by atoms with E-state index < -0.39 is 10.2 Å². The summed E-state index contributed by atoms with van der Waals surface area (Å²) in [6, 6.07) is 10.0. The minimum absolute atomic E-state index is 0.0587. The van der Waals surface area contributed by atoms with E-state index in [0.717, 1.165) is 44.3 Å². The summed E-state index contributed by atoms with van der Waals surface area (Å²) in [4.78, 5) is 2.46. The zero-order valence-corrected chi connectivity index (χ0v) is 22.7. The quantitative estimate of drug-likeness (QED) is 0.291. The molecular weight excluding hydrogens is 446 g/mol. The fraction of sp³-hybridized carbons (Fsp3) is 0.778. The highest BCUT2D eigenvalue weighted by Gasteiger charge is 2.30. The zero-order valence-electron chi connectivity index (χ0n) is 21.9. The summed E-state index contributed by atoms with van der Waals surface area (Å²) in [6.07, 6.45) is 13.4. The van der Waals surface area contributed by atoms with Gasteiger partial charge in [-0.1, -0.05) is 62.9 Å². The molecule has 6 nitrogen and oxygen atoms in total. The normalized spacial score (nSPS) is 19.2. The van der Waals surface area contributed by atoms with E-state index in [1.807, 2.05) is 30.3 Å². The van der Waals surface area contributed by atoms with E-state index in [1.165, 1.54) is 55.9 Å². The lowest BCUT2D eigenvalue weighted by Crippen LogP contribution is -2.46. The van der Waals surface area contributed by atoms with Gasteiger partial charge in [-0.25, -0.2) is 4.72 Å². The lowest BCUT2D eigenvalue weighted by molar-refractivity contribution is 0.0155. The average Bonchev–Trinajstić information content (AvgIpc) is 2.84. The summed E-state index contributed by atoms with van der Waals surface area (Å²) in [5.41, 5.74) is 1.14. The van der Waals surface area contributed by atoms with Crippen molar-refractivity contribution in [2.24, 2.45) is 0 Å². The highest BCUT2D eigenvalue weighted by molar-refractivity contribution is 7.87. The van der Waals surface area contributed by atoms with Crippen molar-refractivity contribution in [2.75, 3.05) is 40.3 Å². The largest absolute Gasteiger partial charge is 0.378 e. The van der Waals surface area contributed by atoms with Crippen LogP contribution in [0.3, 0.4) is 0 Å². The molecule has 0 amide bonds. The predicted molar refractivity (Wildman–Crippen MR) is 142 cm³/mol. The molecule has 1 aromatic rings. The first kappa shape index (κ1) is 29.2. The molecule has 0 atom stereocenters. The van der Waals surface area contributed by atoms with Crippen LogP contribution in [0.2, 0.25) is 0 Å². The van der Waals surface area contributed by atoms with Crippen LogP contribution in [0, 0.1) is 0 Å². The molecule has 0 aromatic heterocycles. The Morgan fingerprint density at radius 2 is 1.56 bits per heavy atom. The molecule has 7 heteroatoms. The molecule has 2 rings (SSSR count). The summed E-state index contributed by atoms with van der Waals surface area (Å²) >= 11 is 0. The average molecular weight is 496 g/mol. The van der Waals surface area contributed by atoms with Gasteiger partial charge in [0.1, 0.15) is 0 Å². The van der Waals surface area contributed by atoms with Crippen molar-refractivity contribution in [3.63, 3.8) is 0 Å². The number of rotatable bonds is 18. The van der Waals surface area contributed by atoms with Crippen molar-refractivity contribution in [1.29, 1.82) is 0 Å². The van der Waals surface area contributed by atoms with Crippen LogP contribution < -0.4 is 4.72 Å². The van der Waals surface area contributed by atoms with Crippen LogP contribution in [0.15, 0.2) is 30.3 Å². The molecule has 0 saturated heterocycles. The third-order valence-corrected chi connectivity index (χ3v) is 8.63. The number of benzene rings is 1. The van der Waals surface area contributed by atoms with E-state index in [9.17, 15) is 8.42 Å². The Labute approximate surface area is 209 Å². The molecule has 0 spiro atoms. The number of nitrogens with one attached hydrogen (secondary N) is 1. The van der Waals surface area contributed by atoms with Crippen LogP contribution in [-0.4, -0.2) is 70.1 Å². The summed E-state index contributed by atoms with van der Waals surface area (Å²) < 4.78 is 35.8. The standard InChI is InChI=1S/C27H49N3O3S/c1-4-5-11-22-29(2)23-12-6-7-13-24-33-27-18-16-26(17-19-27)30(3)34(31,32)28-21-20-25-14-9-8-10-15-25/h8-10,14-15,26-28H,4-7,11-13,16-24H2,1-3H3. The maximum Gasteiger partial charge on any atom is 0.279 e. The topological polar surface area (TPSA) is 61.9 Å². The Hall–Kier alpha value is -0.990. The Morgan fingerprint density at radius 1 is 0.912 bits per heavy atom. The smallest absolute Gasteiger partial charge is 0.279 e. The van der Waals surface area contributed by atoms with Crippen molar-refractivity contribution in [3.8, 4) is 0 Å². The fourth-order valence-corrected chi connectivity index (χ4v) is 5.84. The molecule has 1 aliphatic rings. The van der Waals surface area contributed by atoms with Crippen LogP contribution in [0.25, 0.3) is 0 Å². The molecule has 0 bridgehead atoms. The van der Waals surface area contributed by atoms with Gasteiger partial charge in [0.15, 0.2) is 0 Å². The van der Waals surface area contributed by atoms with Gasteiger partial charge in [-0.15, -0.1) is 0 Å². The molecule has 1 aromatic carbocycles. The molecule has 1 N–H and O–H groups in total. The molecular formula is C27H49N3O3S. The van der Waals surface area contributed by atoms with E-state index >= 15 is 0 Å². The van der Waals surface area contributed by atoms with Crippen LogP contribution in [-0.2, 0) is 21.4 Å². The van der Waals surface area contributed by atoms with Gasteiger partial charge >= 0.3 is 0 Å². The molecule has 1 saturated carbocycles. The first-order valence-corrected chi connectivity index (χ1v) is 14.9. The van der Waals surface area contributed by atoms with Crippen molar-refractivity contribution in [3.05, 3.63) is 35.9 Å². The SMILES string of the molecule is CCCCCN(C)CCCCCCOC1CCC(N(C)S(=O)(=O)NCCc2ccccc2)CC1. The van der Waals surface area contributed by atoms with Gasteiger partial charge in [0.25, 0.3) is 10.2 Å². The number of nitrogens with zero attached hydrogens (tertiary/aromatic N) is 2. The van der Waals surface area contributed by atoms with Gasteiger partial charge in [0.2, 0.25) is 0 Å². The van der Waals surface area contributed by atoms with E-state index in [2.05, 4.69) is 23.6 Å². The first-order valence-electron chi connectivity index (χ1n) is 13.5. The number of hydrogen-bond donors (Lipinski definition) is 1. The maximum atomic E-state index is 12.7. The van der Waals surface area contributed by atoms with Gasteiger partial charge in [-0.05, 0) is 77.1 Å². The van der Waals surface area contributed by atoms with Crippen molar-refractivity contribution in [1.82, 2.24) is 13.9 Å². The lowest BCUT2D eigenvalue weighted by Gasteiger charge is -2.34. The van der Waals surface area contributed by atoms with Crippen LogP contribution in [0.5, 0.6) is 0 Å². The Bertz CT molecular complexity index is 737. The lowest BCUT2D eigenvalue weighted by atomic mass is 9.93. The molecule has 1 fully saturated rings. The summed E-state index contributed by atoms with van der Waals surface area (Å²) in [5, 5.41) is 0. The van der Waals surface area contributed by atoms with E-state index in [4.69, 9.17) is 4.74 Å². The molecule has 196 valence electrons. The maximum absolute atomic E-state index is 12.7. The Morgan fingerprint density at radius 3 is 2.24 bits per heavy atom. The van der Waals surface area contributed by atoms with Crippen molar-refractivity contribution in [2.45, 2.75) is 96.1 Å². The summed E-state index contributed by atoms with van der Waals surface area (Å²) in [7, 11) is 0.490. The van der Waals surface area contributed by atoms with Crippen molar-refractivity contribution < 1.29 is 13.2 Å². The molecule has 0 radical (unpaired) electrons. The number of ether oxygens (including phenoxy) is 1. The number of hydrogen-bond acceptors (Lipinski definition) is 4. The number of unbranched alkanes of at least 4 members (excludes halogenated alkanes) is 5. The van der Waals surface area contributed by atoms with Crippen molar-refractivity contribution >= 4 is 10.2 Å². The highest BCUT2D eigenvalue weighted by atomic mass is 32.2. The third kappa shape index (κ3) is 11.6. The second-order valence-electron chi connectivity index (χ2n) is 9.88. The summed E-state index contributed by atoms with van der Waals surface area (Å²) in [6.45, 7) is 5.93.